The zero-order chi connectivity index (χ0) is 15.1. The molecule has 0 aliphatic rings. The molecule has 0 amide bonds. The molecule has 2 rings (SSSR count). The van der Waals surface area contributed by atoms with E-state index in [9.17, 15) is 4.79 Å². The van der Waals surface area contributed by atoms with Gasteiger partial charge in [-0.15, -0.1) is 0 Å². The van der Waals surface area contributed by atoms with Crippen molar-refractivity contribution in [2.45, 2.75) is 0 Å². The SMILES string of the molecule is COC(=O)/C(=C/NNc1ccccc1)c1ccccc1Br. The molecule has 0 saturated carbocycles. The van der Waals surface area contributed by atoms with Gasteiger partial charge in [-0.05, 0) is 18.2 Å². The molecule has 0 unspecified atom stereocenters. The van der Waals surface area contributed by atoms with Crippen LogP contribution in [0.5, 0.6) is 0 Å². The monoisotopic (exact) mass is 346 g/mol. The van der Waals surface area contributed by atoms with Gasteiger partial charge in [0.2, 0.25) is 0 Å². The maximum atomic E-state index is 11.9. The molecule has 0 aromatic heterocycles. The first-order valence-electron chi connectivity index (χ1n) is 6.32. The first-order valence-corrected chi connectivity index (χ1v) is 7.11. The number of hydrazine groups is 1. The number of esters is 1. The van der Waals surface area contributed by atoms with Crippen LogP contribution in [0.2, 0.25) is 0 Å². The lowest BCUT2D eigenvalue weighted by Crippen LogP contribution is -2.17. The Kier molecular flexibility index (Phi) is 5.40. The van der Waals surface area contributed by atoms with Crippen molar-refractivity contribution >= 4 is 33.2 Å². The minimum Gasteiger partial charge on any atom is -0.465 e. The zero-order valence-corrected chi connectivity index (χ0v) is 13.1. The molecule has 0 bridgehead atoms. The summed E-state index contributed by atoms with van der Waals surface area (Å²) in [5.74, 6) is -0.413. The van der Waals surface area contributed by atoms with Gasteiger partial charge in [0.05, 0.1) is 18.4 Å². The Hall–Kier alpha value is -2.27. The average molecular weight is 347 g/mol. The van der Waals surface area contributed by atoms with Crippen LogP contribution in [0.4, 0.5) is 5.69 Å². The summed E-state index contributed by atoms with van der Waals surface area (Å²) in [6.45, 7) is 0. The Morgan fingerprint density at radius 1 is 1.10 bits per heavy atom. The van der Waals surface area contributed by atoms with Crippen LogP contribution in [0.15, 0.2) is 65.3 Å². The van der Waals surface area contributed by atoms with Gasteiger partial charge in [0, 0.05) is 16.2 Å². The molecule has 2 aromatic rings. The number of rotatable bonds is 5. The quantitative estimate of drug-likeness (QED) is 0.493. The normalized spacial score (nSPS) is 10.9. The third kappa shape index (κ3) is 4.10. The van der Waals surface area contributed by atoms with E-state index < -0.39 is 5.97 Å². The summed E-state index contributed by atoms with van der Waals surface area (Å²) in [5, 5.41) is 0. The van der Waals surface area contributed by atoms with Crippen molar-refractivity contribution in [1.82, 2.24) is 5.43 Å². The lowest BCUT2D eigenvalue weighted by Gasteiger charge is -2.10. The second-order valence-electron chi connectivity index (χ2n) is 4.16. The summed E-state index contributed by atoms with van der Waals surface area (Å²) in [4.78, 5) is 11.9. The smallest absolute Gasteiger partial charge is 0.340 e. The summed E-state index contributed by atoms with van der Waals surface area (Å²) in [7, 11) is 1.36. The first kappa shape index (κ1) is 15.1. The number of methoxy groups -OCH3 is 1. The summed E-state index contributed by atoms with van der Waals surface area (Å²) in [6.07, 6.45) is 1.58. The number of nitrogens with one attached hydrogen (secondary N) is 2. The molecule has 0 aliphatic heterocycles. The molecule has 0 fully saturated rings. The van der Waals surface area contributed by atoms with Gasteiger partial charge < -0.3 is 15.6 Å². The summed E-state index contributed by atoms with van der Waals surface area (Å²) < 4.78 is 5.65. The van der Waals surface area contributed by atoms with Gasteiger partial charge in [0.15, 0.2) is 0 Å². The third-order valence-electron chi connectivity index (χ3n) is 2.78. The molecular formula is C16H15BrN2O2. The molecule has 108 valence electrons. The van der Waals surface area contributed by atoms with Gasteiger partial charge in [-0.3, -0.25) is 0 Å². The highest BCUT2D eigenvalue weighted by molar-refractivity contribution is 9.10. The topological polar surface area (TPSA) is 50.4 Å². The number of hydrogen-bond acceptors (Lipinski definition) is 4. The van der Waals surface area contributed by atoms with Crippen molar-refractivity contribution in [3.8, 4) is 0 Å². The Morgan fingerprint density at radius 3 is 2.43 bits per heavy atom. The number of para-hydroxylation sites is 1. The van der Waals surface area contributed by atoms with Crippen molar-refractivity contribution in [3.05, 3.63) is 70.8 Å². The first-order chi connectivity index (χ1) is 10.2. The van der Waals surface area contributed by atoms with Gasteiger partial charge in [-0.1, -0.05) is 52.3 Å². The van der Waals surface area contributed by atoms with Gasteiger partial charge in [-0.25, -0.2) is 4.79 Å². The Bertz CT molecular complexity index is 642. The van der Waals surface area contributed by atoms with Crippen LogP contribution in [0.1, 0.15) is 5.56 Å². The second-order valence-corrected chi connectivity index (χ2v) is 5.02. The van der Waals surface area contributed by atoms with E-state index in [2.05, 4.69) is 26.8 Å². The van der Waals surface area contributed by atoms with Crippen LogP contribution in [-0.2, 0) is 9.53 Å². The van der Waals surface area contributed by atoms with Crippen LogP contribution < -0.4 is 10.9 Å². The lowest BCUT2D eigenvalue weighted by molar-refractivity contribution is -0.133. The molecular weight excluding hydrogens is 332 g/mol. The van der Waals surface area contributed by atoms with Crippen LogP contribution >= 0.6 is 15.9 Å². The fourth-order valence-corrected chi connectivity index (χ4v) is 2.25. The number of carbonyl (C=O) groups excluding carboxylic acids is 1. The highest BCUT2D eigenvalue weighted by Crippen LogP contribution is 2.24. The summed E-state index contributed by atoms with van der Waals surface area (Å²) >= 11 is 3.43. The standard InChI is InChI=1S/C16H15BrN2O2/c1-21-16(20)14(13-9-5-6-10-15(13)17)11-18-19-12-7-3-2-4-8-12/h2-11,18-19H,1H3/b14-11+. The van der Waals surface area contributed by atoms with Gasteiger partial charge in [0.25, 0.3) is 0 Å². The summed E-state index contributed by atoms with van der Waals surface area (Å²) in [5.41, 5.74) is 7.98. The van der Waals surface area contributed by atoms with Gasteiger partial charge in [-0.2, -0.15) is 0 Å². The molecule has 2 N–H and O–H groups in total. The van der Waals surface area contributed by atoms with Crippen LogP contribution in [0.25, 0.3) is 5.57 Å². The fourth-order valence-electron chi connectivity index (χ4n) is 1.75. The predicted octanol–water partition coefficient (Wildman–Crippen LogP) is 3.58. The van der Waals surface area contributed by atoms with E-state index in [0.29, 0.717) is 5.57 Å². The van der Waals surface area contributed by atoms with Crippen molar-refractivity contribution in [1.29, 1.82) is 0 Å². The van der Waals surface area contributed by atoms with Crippen LogP contribution in [-0.4, -0.2) is 13.1 Å². The molecule has 0 saturated heterocycles. The zero-order valence-electron chi connectivity index (χ0n) is 11.5. The number of carbonyl (C=O) groups is 1. The third-order valence-corrected chi connectivity index (χ3v) is 3.47. The number of benzene rings is 2. The highest BCUT2D eigenvalue weighted by Gasteiger charge is 2.14. The Morgan fingerprint density at radius 2 is 1.76 bits per heavy atom. The van der Waals surface area contributed by atoms with E-state index in [4.69, 9.17) is 4.74 Å². The van der Waals surface area contributed by atoms with E-state index in [1.807, 2.05) is 54.6 Å². The maximum absolute atomic E-state index is 11.9. The minimum absolute atomic E-state index is 0.413. The molecule has 0 radical (unpaired) electrons. The minimum atomic E-state index is -0.413. The van der Waals surface area contributed by atoms with Crippen molar-refractivity contribution in [3.63, 3.8) is 0 Å². The van der Waals surface area contributed by atoms with E-state index in [1.165, 1.54) is 7.11 Å². The molecule has 0 heterocycles. The molecule has 21 heavy (non-hydrogen) atoms. The lowest BCUT2D eigenvalue weighted by atomic mass is 10.1. The molecule has 2 aromatic carbocycles. The average Bonchev–Trinajstić information content (AvgIpc) is 2.53. The van der Waals surface area contributed by atoms with E-state index >= 15 is 0 Å². The fraction of sp³-hybridized carbons (Fsp3) is 0.0625. The van der Waals surface area contributed by atoms with Gasteiger partial charge in [0.1, 0.15) is 0 Å². The Balaban J connectivity index is 2.19. The van der Waals surface area contributed by atoms with E-state index in [0.717, 1.165) is 15.7 Å². The molecule has 0 atom stereocenters. The van der Waals surface area contributed by atoms with Gasteiger partial charge >= 0.3 is 5.97 Å². The van der Waals surface area contributed by atoms with Crippen molar-refractivity contribution in [2.24, 2.45) is 0 Å². The number of anilines is 1. The van der Waals surface area contributed by atoms with Crippen LogP contribution in [0.3, 0.4) is 0 Å². The largest absolute Gasteiger partial charge is 0.465 e. The summed E-state index contributed by atoms with van der Waals surface area (Å²) in [6, 6.07) is 17.1. The Labute approximate surface area is 131 Å². The number of hydrogen-bond donors (Lipinski definition) is 2. The second kappa shape index (κ2) is 7.50. The van der Waals surface area contributed by atoms with Crippen molar-refractivity contribution in [2.75, 3.05) is 12.5 Å². The van der Waals surface area contributed by atoms with Crippen molar-refractivity contribution < 1.29 is 9.53 Å². The highest BCUT2D eigenvalue weighted by atomic mass is 79.9. The molecule has 5 heteroatoms. The maximum Gasteiger partial charge on any atom is 0.340 e. The van der Waals surface area contributed by atoms with E-state index in [1.54, 1.807) is 6.20 Å². The number of ether oxygens (including phenoxy) is 1. The predicted molar refractivity (Wildman–Crippen MR) is 87.3 cm³/mol. The van der Waals surface area contributed by atoms with E-state index in [-0.39, 0.29) is 0 Å². The molecule has 0 aliphatic carbocycles. The number of halogens is 1. The van der Waals surface area contributed by atoms with Crippen LogP contribution in [0, 0.1) is 0 Å². The molecule has 4 nitrogen and oxygen atoms in total. The molecule has 0 spiro atoms.